The molecule has 1 amide bonds. The molecule has 8 nitrogen and oxygen atoms in total. The first-order chi connectivity index (χ1) is 13.9. The van der Waals surface area contributed by atoms with Crippen LogP contribution >= 0.6 is 15.9 Å². The van der Waals surface area contributed by atoms with E-state index in [1.807, 2.05) is 0 Å². The number of hydrogen-bond acceptors (Lipinski definition) is 6. The van der Waals surface area contributed by atoms with Gasteiger partial charge in [-0.2, -0.15) is 0 Å². The van der Waals surface area contributed by atoms with Gasteiger partial charge in [0, 0.05) is 4.47 Å². The minimum absolute atomic E-state index is 0.0575. The van der Waals surface area contributed by atoms with E-state index >= 15 is 0 Å². The van der Waals surface area contributed by atoms with Crippen molar-refractivity contribution in [1.82, 2.24) is 19.7 Å². The molecule has 1 aliphatic rings. The molecule has 3 aromatic rings. The molecule has 0 spiro atoms. The number of hydrogen-bond donors (Lipinski definition) is 1. The van der Waals surface area contributed by atoms with Crippen molar-refractivity contribution in [3.8, 4) is 5.88 Å². The topological polar surface area (TPSA) is 99.0 Å². The van der Waals surface area contributed by atoms with Crippen LogP contribution in [0.3, 0.4) is 0 Å². The van der Waals surface area contributed by atoms with Crippen LogP contribution in [0.1, 0.15) is 19.8 Å². The molecule has 0 aliphatic heterocycles. The van der Waals surface area contributed by atoms with Gasteiger partial charge in [-0.25, -0.2) is 19.0 Å². The second kappa shape index (κ2) is 7.86. The number of anilines is 1. The van der Waals surface area contributed by atoms with E-state index in [0.29, 0.717) is 22.6 Å². The number of nitrogens with one attached hydrogen (secondary N) is 1. The fraction of sp³-hybridized carbons (Fsp3) is 0.316. The smallest absolute Gasteiger partial charge is 0.275 e. The molecule has 0 unspecified atom stereocenters. The zero-order valence-corrected chi connectivity index (χ0v) is 17.0. The molecule has 2 heterocycles. The first kappa shape index (κ1) is 19.4. The Balaban J connectivity index is 1.63. The van der Waals surface area contributed by atoms with Gasteiger partial charge in [-0.3, -0.25) is 14.9 Å². The van der Waals surface area contributed by atoms with Gasteiger partial charge in [0.25, 0.3) is 5.56 Å². The summed E-state index contributed by atoms with van der Waals surface area (Å²) in [6.45, 7) is 1.74. The van der Waals surface area contributed by atoms with Crippen molar-refractivity contribution in [2.75, 3.05) is 5.32 Å². The highest BCUT2D eigenvalue weighted by Gasteiger charge is 2.38. The number of rotatable bonds is 6. The number of halogens is 2. The van der Waals surface area contributed by atoms with Crippen LogP contribution in [0.5, 0.6) is 5.88 Å². The number of fused-ring (bicyclic) bond motifs is 1. The van der Waals surface area contributed by atoms with Crippen LogP contribution in [0, 0.1) is 11.7 Å². The molecule has 1 aromatic carbocycles. The van der Waals surface area contributed by atoms with Gasteiger partial charge in [-0.05, 0) is 37.0 Å². The van der Waals surface area contributed by atoms with Gasteiger partial charge in [0.05, 0.1) is 23.2 Å². The summed E-state index contributed by atoms with van der Waals surface area (Å²) in [5.74, 6) is -0.458. The molecule has 1 saturated carbocycles. The van der Waals surface area contributed by atoms with Crippen molar-refractivity contribution in [2.24, 2.45) is 5.92 Å². The molecule has 29 heavy (non-hydrogen) atoms. The first-order valence-corrected chi connectivity index (χ1v) is 9.88. The Morgan fingerprint density at radius 1 is 1.34 bits per heavy atom. The molecule has 4 rings (SSSR count). The predicted molar refractivity (Wildman–Crippen MR) is 107 cm³/mol. The van der Waals surface area contributed by atoms with Gasteiger partial charge in [0.2, 0.25) is 17.7 Å². The van der Waals surface area contributed by atoms with Crippen LogP contribution in [-0.2, 0) is 11.3 Å². The van der Waals surface area contributed by atoms with Gasteiger partial charge >= 0.3 is 0 Å². The van der Waals surface area contributed by atoms with Crippen LogP contribution in [-0.4, -0.2) is 31.8 Å². The highest BCUT2D eigenvalue weighted by Crippen LogP contribution is 2.38. The lowest BCUT2D eigenvalue weighted by Gasteiger charge is -2.12. The summed E-state index contributed by atoms with van der Waals surface area (Å²) in [5.41, 5.74) is -0.419. The van der Waals surface area contributed by atoms with Crippen LogP contribution in [0.25, 0.3) is 10.8 Å². The second-order valence-corrected chi connectivity index (χ2v) is 7.71. The van der Waals surface area contributed by atoms with Crippen molar-refractivity contribution in [2.45, 2.75) is 32.4 Å². The lowest BCUT2D eigenvalue weighted by Crippen LogP contribution is -2.30. The number of ether oxygens (including phenoxy) is 1. The van der Waals surface area contributed by atoms with Gasteiger partial charge in [-0.1, -0.05) is 22.9 Å². The Morgan fingerprint density at radius 3 is 2.79 bits per heavy atom. The summed E-state index contributed by atoms with van der Waals surface area (Å²) >= 11 is 3.40. The largest absolute Gasteiger partial charge is 0.473 e. The lowest BCUT2D eigenvalue weighted by molar-refractivity contribution is -0.117. The summed E-state index contributed by atoms with van der Waals surface area (Å²) < 4.78 is 20.8. The van der Waals surface area contributed by atoms with Crippen molar-refractivity contribution in [3.63, 3.8) is 0 Å². The first-order valence-electron chi connectivity index (χ1n) is 9.09. The Labute approximate surface area is 173 Å². The highest BCUT2D eigenvalue weighted by atomic mass is 79.9. The maximum atomic E-state index is 12.9. The number of amides is 1. The predicted octanol–water partition coefficient (Wildman–Crippen LogP) is 2.90. The van der Waals surface area contributed by atoms with Gasteiger partial charge in [0.15, 0.2) is 5.82 Å². The lowest BCUT2D eigenvalue weighted by atomic mass is 10.2. The zero-order chi connectivity index (χ0) is 20.5. The molecular formula is C19H17BrFN5O3. The molecule has 0 saturated heterocycles. The summed E-state index contributed by atoms with van der Waals surface area (Å²) in [6, 6.07) is 5.19. The fourth-order valence-corrected chi connectivity index (χ4v) is 3.40. The molecule has 1 N–H and O–H groups in total. The third-order valence-electron chi connectivity index (χ3n) is 4.70. The third kappa shape index (κ3) is 4.26. The van der Waals surface area contributed by atoms with Crippen molar-refractivity contribution in [1.29, 1.82) is 0 Å². The number of carbonyl (C=O) groups excluding carboxylic acids is 1. The number of aromatic nitrogens is 4. The fourth-order valence-electron chi connectivity index (χ4n) is 3.04. The summed E-state index contributed by atoms with van der Waals surface area (Å²) in [4.78, 5) is 32.5. The van der Waals surface area contributed by atoms with E-state index in [4.69, 9.17) is 4.74 Å². The number of nitrogens with zero attached hydrogens (tertiary/aromatic N) is 4. The maximum Gasteiger partial charge on any atom is 0.275 e. The summed E-state index contributed by atoms with van der Waals surface area (Å²) in [7, 11) is 0. The van der Waals surface area contributed by atoms with Crippen LogP contribution in [0.2, 0.25) is 0 Å². The maximum absolute atomic E-state index is 12.9. The Morgan fingerprint density at radius 2 is 2.10 bits per heavy atom. The molecular weight excluding hydrogens is 445 g/mol. The van der Waals surface area contributed by atoms with E-state index < -0.39 is 17.3 Å². The van der Waals surface area contributed by atoms with E-state index in [2.05, 4.69) is 43.2 Å². The molecule has 2 atom stereocenters. The summed E-state index contributed by atoms with van der Waals surface area (Å²) in [6.07, 6.45) is 3.88. The van der Waals surface area contributed by atoms with Gasteiger partial charge < -0.3 is 4.74 Å². The second-order valence-electron chi connectivity index (χ2n) is 6.79. The molecule has 1 fully saturated rings. The van der Waals surface area contributed by atoms with E-state index in [9.17, 15) is 14.0 Å². The molecule has 2 aromatic heterocycles. The molecule has 10 heteroatoms. The number of carbonyl (C=O) groups is 1. The van der Waals surface area contributed by atoms with Crippen LogP contribution in [0.4, 0.5) is 10.3 Å². The normalized spacial score (nSPS) is 17.9. The molecule has 150 valence electrons. The monoisotopic (exact) mass is 461 g/mol. The minimum atomic E-state index is -0.617. The van der Waals surface area contributed by atoms with Crippen molar-refractivity contribution in [3.05, 3.63) is 51.2 Å². The zero-order valence-electron chi connectivity index (χ0n) is 15.4. The van der Waals surface area contributed by atoms with Crippen molar-refractivity contribution < 1.29 is 13.9 Å². The van der Waals surface area contributed by atoms with Crippen LogP contribution < -0.4 is 15.6 Å². The van der Waals surface area contributed by atoms with E-state index in [0.717, 1.165) is 34.4 Å². The standard InChI is InChI=1S/C19H17BrFN5O3/c1-2-10-5-15(10)29-17-14-6-11(20)3-4-13(14)18(28)26(25-17)9-16(27)24-19-22-7-12(21)8-23-19/h3-4,6-8,10,15H,2,5,9H2,1H3,(H,22,23,24,27)/t10-,15+/m0/s1. The summed E-state index contributed by atoms with van der Waals surface area (Å²) in [5, 5.41) is 7.69. The quantitative estimate of drug-likeness (QED) is 0.605. The minimum Gasteiger partial charge on any atom is -0.473 e. The Hall–Kier alpha value is -2.88. The Bertz CT molecular complexity index is 1140. The van der Waals surface area contributed by atoms with E-state index in [1.165, 1.54) is 0 Å². The van der Waals surface area contributed by atoms with Crippen molar-refractivity contribution >= 4 is 38.6 Å². The van der Waals surface area contributed by atoms with E-state index in [-0.39, 0.29) is 18.6 Å². The average molecular weight is 462 g/mol. The molecule has 0 bridgehead atoms. The SMILES string of the molecule is CC[C@H]1C[C@H]1Oc1nn(CC(=O)Nc2ncc(F)cn2)c(=O)c2ccc(Br)cc12. The van der Waals surface area contributed by atoms with Gasteiger partial charge in [-0.15, -0.1) is 5.10 Å². The average Bonchev–Trinajstić information content (AvgIpc) is 3.45. The number of benzene rings is 1. The highest BCUT2D eigenvalue weighted by molar-refractivity contribution is 9.10. The van der Waals surface area contributed by atoms with Crippen LogP contribution in [0.15, 0.2) is 39.9 Å². The Kier molecular flexibility index (Phi) is 5.27. The third-order valence-corrected chi connectivity index (χ3v) is 5.19. The molecule has 1 aliphatic carbocycles. The van der Waals surface area contributed by atoms with Gasteiger partial charge in [0.1, 0.15) is 12.6 Å². The van der Waals surface area contributed by atoms with E-state index in [1.54, 1.807) is 18.2 Å². The molecule has 0 radical (unpaired) electrons.